The molecule has 0 spiro atoms. The van der Waals surface area contributed by atoms with Gasteiger partial charge in [-0.25, -0.2) is 0 Å². The van der Waals surface area contributed by atoms with Crippen LogP contribution in [0, 0.1) is 0 Å². The minimum Gasteiger partial charge on any atom is -0.497 e. The Morgan fingerprint density at radius 3 is 2.68 bits per heavy atom. The molecule has 0 aliphatic carbocycles. The third kappa shape index (κ3) is 2.82. The SMILES string of the molecule is COc1ccc(N=NC2N(C)C=N[NH+]2C)c(OC)c1. The molecule has 1 aromatic rings. The molecule has 1 aliphatic rings. The van der Waals surface area contributed by atoms with E-state index in [0.29, 0.717) is 11.4 Å². The fourth-order valence-electron chi connectivity index (χ4n) is 1.76. The molecule has 2 atom stereocenters. The Balaban J connectivity index is 2.19. The van der Waals surface area contributed by atoms with Crippen LogP contribution in [0.1, 0.15) is 0 Å². The van der Waals surface area contributed by atoms with Crippen molar-refractivity contribution in [1.29, 1.82) is 0 Å². The monoisotopic (exact) mass is 264 g/mol. The summed E-state index contributed by atoms with van der Waals surface area (Å²) in [4.78, 5) is 1.90. The van der Waals surface area contributed by atoms with E-state index in [1.54, 1.807) is 26.6 Å². The highest BCUT2D eigenvalue weighted by Crippen LogP contribution is 2.31. The largest absolute Gasteiger partial charge is 0.497 e. The highest BCUT2D eigenvalue weighted by Gasteiger charge is 2.26. The topological polar surface area (TPSA) is 63.2 Å². The summed E-state index contributed by atoms with van der Waals surface area (Å²) in [6, 6.07) is 5.41. The molecule has 0 radical (unpaired) electrons. The van der Waals surface area contributed by atoms with Crippen molar-refractivity contribution in [2.45, 2.75) is 6.29 Å². The van der Waals surface area contributed by atoms with Crippen molar-refractivity contribution in [1.82, 2.24) is 4.90 Å². The smallest absolute Gasteiger partial charge is 0.305 e. The summed E-state index contributed by atoms with van der Waals surface area (Å²) in [6.07, 6.45) is 1.59. The van der Waals surface area contributed by atoms with Gasteiger partial charge in [0.15, 0.2) is 6.34 Å². The van der Waals surface area contributed by atoms with Crippen molar-refractivity contribution in [3.63, 3.8) is 0 Å². The molecule has 19 heavy (non-hydrogen) atoms. The maximum atomic E-state index is 5.27. The van der Waals surface area contributed by atoms with Gasteiger partial charge >= 0.3 is 6.29 Å². The number of nitrogens with zero attached hydrogens (tertiary/aromatic N) is 4. The Morgan fingerprint density at radius 2 is 2.11 bits per heavy atom. The molecule has 2 rings (SSSR count). The molecular weight excluding hydrogens is 246 g/mol. The first kappa shape index (κ1) is 13.3. The average molecular weight is 264 g/mol. The number of methoxy groups -OCH3 is 2. The second-order valence-electron chi connectivity index (χ2n) is 4.18. The molecule has 0 saturated heterocycles. The van der Waals surface area contributed by atoms with Crippen molar-refractivity contribution >= 4 is 12.0 Å². The standard InChI is InChI=1S/C12H17N5O2/c1-16-8-13-17(2)12(16)15-14-10-6-5-9(18-3)7-11(10)19-4/h5-8,12H,1-4H3/p+1. The van der Waals surface area contributed by atoms with Crippen LogP contribution in [-0.4, -0.2) is 45.8 Å². The van der Waals surface area contributed by atoms with Crippen molar-refractivity contribution in [2.24, 2.45) is 15.3 Å². The Morgan fingerprint density at radius 1 is 1.32 bits per heavy atom. The van der Waals surface area contributed by atoms with Crippen LogP contribution < -0.4 is 14.5 Å². The molecule has 0 bridgehead atoms. The van der Waals surface area contributed by atoms with Crippen molar-refractivity contribution in [3.8, 4) is 11.5 Å². The van der Waals surface area contributed by atoms with Crippen LogP contribution >= 0.6 is 0 Å². The third-order valence-corrected chi connectivity index (χ3v) is 2.86. The molecule has 102 valence electrons. The molecule has 2 unspecified atom stereocenters. The van der Waals surface area contributed by atoms with Gasteiger partial charge in [0.1, 0.15) is 17.2 Å². The van der Waals surface area contributed by atoms with Crippen LogP contribution in [0.2, 0.25) is 0 Å². The van der Waals surface area contributed by atoms with Crippen LogP contribution in [0.3, 0.4) is 0 Å². The van der Waals surface area contributed by atoms with Crippen molar-refractivity contribution < 1.29 is 14.5 Å². The number of rotatable bonds is 4. The highest BCUT2D eigenvalue weighted by molar-refractivity contribution is 5.55. The summed E-state index contributed by atoms with van der Waals surface area (Å²) in [5.41, 5.74) is 0.663. The zero-order valence-electron chi connectivity index (χ0n) is 11.5. The van der Waals surface area contributed by atoms with Gasteiger partial charge in [-0.3, -0.25) is 4.90 Å². The van der Waals surface area contributed by atoms with E-state index >= 15 is 0 Å². The third-order valence-electron chi connectivity index (χ3n) is 2.86. The van der Waals surface area contributed by atoms with Crippen molar-refractivity contribution in [2.75, 3.05) is 28.3 Å². The second-order valence-corrected chi connectivity index (χ2v) is 4.18. The van der Waals surface area contributed by atoms with E-state index in [1.807, 2.05) is 31.1 Å². The van der Waals surface area contributed by atoms with Crippen LogP contribution in [0.25, 0.3) is 0 Å². The van der Waals surface area contributed by atoms with Gasteiger partial charge in [-0.2, -0.15) is 5.01 Å². The lowest BCUT2D eigenvalue weighted by molar-refractivity contribution is -0.914. The lowest BCUT2D eigenvalue weighted by Crippen LogP contribution is -3.07. The Bertz CT molecular complexity index is 491. The minimum absolute atomic E-state index is 0.146. The minimum atomic E-state index is -0.146. The van der Waals surface area contributed by atoms with Gasteiger partial charge in [0.25, 0.3) is 0 Å². The molecule has 0 amide bonds. The van der Waals surface area contributed by atoms with Gasteiger partial charge in [-0.05, 0) is 12.1 Å². The molecular formula is C12H18N5O2+. The Hall–Kier alpha value is -2.15. The maximum Gasteiger partial charge on any atom is 0.305 e. The van der Waals surface area contributed by atoms with Crippen LogP contribution in [0.4, 0.5) is 5.69 Å². The summed E-state index contributed by atoms with van der Waals surface area (Å²) in [6.45, 7) is 0. The highest BCUT2D eigenvalue weighted by atomic mass is 16.5. The first-order valence-corrected chi connectivity index (χ1v) is 5.88. The summed E-state index contributed by atoms with van der Waals surface area (Å²) in [5, 5.41) is 13.6. The summed E-state index contributed by atoms with van der Waals surface area (Å²) < 4.78 is 10.4. The molecule has 0 fully saturated rings. The van der Waals surface area contributed by atoms with Gasteiger partial charge in [-0.1, -0.05) is 5.10 Å². The molecule has 7 heteroatoms. The molecule has 1 aliphatic heterocycles. The zero-order valence-corrected chi connectivity index (χ0v) is 11.5. The van der Waals surface area contributed by atoms with Crippen LogP contribution in [-0.2, 0) is 0 Å². The van der Waals surface area contributed by atoms with Gasteiger partial charge in [0, 0.05) is 13.1 Å². The Kier molecular flexibility index (Phi) is 3.96. The van der Waals surface area contributed by atoms with Gasteiger partial charge in [-0.15, -0.1) is 10.2 Å². The molecule has 0 aromatic heterocycles. The average Bonchev–Trinajstić information content (AvgIpc) is 2.75. The number of benzene rings is 1. The maximum absolute atomic E-state index is 5.27. The van der Waals surface area contributed by atoms with Crippen LogP contribution in [0.5, 0.6) is 11.5 Å². The second kappa shape index (κ2) is 5.66. The number of nitrogens with one attached hydrogen (secondary N) is 1. The predicted octanol–water partition coefficient (Wildman–Crippen LogP) is 0.474. The number of ether oxygens (including phenoxy) is 2. The molecule has 7 nitrogen and oxygen atoms in total. The number of azo groups is 1. The van der Waals surface area contributed by atoms with Gasteiger partial charge in [0.2, 0.25) is 0 Å². The number of hydrogen-bond acceptors (Lipinski definition) is 6. The summed E-state index contributed by atoms with van der Waals surface area (Å²) >= 11 is 0. The molecule has 0 saturated carbocycles. The normalized spacial score (nSPS) is 22.2. The first-order chi connectivity index (χ1) is 9.15. The quantitative estimate of drug-likeness (QED) is 0.804. The molecule has 1 N–H and O–H groups in total. The van der Waals surface area contributed by atoms with E-state index in [-0.39, 0.29) is 6.29 Å². The first-order valence-electron chi connectivity index (χ1n) is 5.88. The lowest BCUT2D eigenvalue weighted by atomic mass is 10.3. The summed E-state index contributed by atoms with van der Waals surface area (Å²) in [5.74, 6) is 1.35. The number of quaternary nitrogens is 1. The van der Waals surface area contributed by atoms with E-state index in [9.17, 15) is 0 Å². The Labute approximate surface area is 112 Å². The van der Waals surface area contributed by atoms with Crippen LogP contribution in [0.15, 0.2) is 33.5 Å². The fourth-order valence-corrected chi connectivity index (χ4v) is 1.76. The number of hydrogen-bond donors (Lipinski definition) is 1. The zero-order chi connectivity index (χ0) is 13.8. The lowest BCUT2D eigenvalue weighted by Gasteiger charge is -2.14. The van der Waals surface area contributed by atoms with Gasteiger partial charge in [0.05, 0.1) is 21.3 Å². The van der Waals surface area contributed by atoms with E-state index in [2.05, 4.69) is 15.3 Å². The van der Waals surface area contributed by atoms with E-state index in [0.717, 1.165) is 10.8 Å². The van der Waals surface area contributed by atoms with E-state index < -0.39 is 0 Å². The summed E-state index contributed by atoms with van der Waals surface area (Å²) in [7, 11) is 7.04. The van der Waals surface area contributed by atoms with Gasteiger partial charge < -0.3 is 9.47 Å². The molecule has 1 aromatic carbocycles. The predicted molar refractivity (Wildman–Crippen MR) is 71.0 cm³/mol. The molecule has 1 heterocycles. The fraction of sp³-hybridized carbons (Fsp3) is 0.417. The van der Waals surface area contributed by atoms with E-state index in [1.165, 1.54) is 0 Å². The van der Waals surface area contributed by atoms with E-state index in [4.69, 9.17) is 9.47 Å². The van der Waals surface area contributed by atoms with Crippen molar-refractivity contribution in [3.05, 3.63) is 18.2 Å².